The van der Waals surface area contributed by atoms with Crippen molar-refractivity contribution in [3.63, 3.8) is 0 Å². The first-order valence-electron chi connectivity index (χ1n) is 12.0. The minimum Gasteiger partial charge on any atom is -0.362 e. The summed E-state index contributed by atoms with van der Waals surface area (Å²) in [5.74, 6) is 3.27. The van der Waals surface area contributed by atoms with Crippen molar-refractivity contribution < 1.29 is 9.18 Å². The molecule has 0 N–H and O–H groups in total. The van der Waals surface area contributed by atoms with E-state index in [1.54, 1.807) is 29.1 Å². The van der Waals surface area contributed by atoms with Gasteiger partial charge in [0.05, 0.1) is 28.6 Å². The van der Waals surface area contributed by atoms with E-state index in [0.29, 0.717) is 30.0 Å². The number of hydrogen-bond donors (Lipinski definition) is 0. The molecule has 4 heterocycles. The van der Waals surface area contributed by atoms with Crippen LogP contribution in [0.1, 0.15) is 18.7 Å². The highest BCUT2D eigenvalue weighted by molar-refractivity contribution is 6.05. The fourth-order valence-corrected chi connectivity index (χ4v) is 5.01. The third-order valence-corrected chi connectivity index (χ3v) is 6.69. The molecule has 0 aliphatic carbocycles. The molecule has 6 rings (SSSR count). The Morgan fingerprint density at radius 2 is 1.95 bits per heavy atom. The van der Waals surface area contributed by atoms with E-state index in [1.165, 1.54) is 11.0 Å². The van der Waals surface area contributed by atoms with Crippen molar-refractivity contribution in [3.8, 4) is 29.2 Å². The molecule has 7 nitrogen and oxygen atoms in total. The number of anilines is 2. The van der Waals surface area contributed by atoms with Gasteiger partial charge in [-0.2, -0.15) is 0 Å². The number of rotatable bonds is 4. The molecule has 37 heavy (non-hydrogen) atoms. The average molecular weight is 491 g/mol. The summed E-state index contributed by atoms with van der Waals surface area (Å²) in [4.78, 5) is 29.4. The third kappa shape index (κ3) is 3.67. The van der Waals surface area contributed by atoms with E-state index in [-0.39, 0.29) is 11.6 Å². The van der Waals surface area contributed by atoms with Crippen molar-refractivity contribution in [2.24, 2.45) is 0 Å². The monoisotopic (exact) mass is 490 g/mol. The number of amides is 1. The Hall–Kier alpha value is -4.77. The molecule has 0 saturated carbocycles. The van der Waals surface area contributed by atoms with Gasteiger partial charge in [0.15, 0.2) is 5.82 Å². The molecule has 0 radical (unpaired) electrons. The average Bonchev–Trinajstić information content (AvgIpc) is 3.51. The van der Waals surface area contributed by atoms with Crippen molar-refractivity contribution in [1.82, 2.24) is 19.5 Å². The number of carbonyl (C=O) groups excluding carboxylic acids is 1. The number of aromatic nitrogens is 4. The minimum atomic E-state index is -0.484. The second-order valence-corrected chi connectivity index (χ2v) is 9.19. The van der Waals surface area contributed by atoms with Gasteiger partial charge in [0.2, 0.25) is 5.91 Å². The molecular weight excluding hydrogens is 467 g/mol. The molecule has 1 aliphatic rings. The predicted octanol–water partition coefficient (Wildman–Crippen LogP) is 4.95. The fourth-order valence-electron chi connectivity index (χ4n) is 5.01. The lowest BCUT2D eigenvalue weighted by atomic mass is 10.0. The van der Waals surface area contributed by atoms with Crippen molar-refractivity contribution in [2.75, 3.05) is 30.4 Å². The van der Waals surface area contributed by atoms with E-state index in [0.717, 1.165) is 39.8 Å². The van der Waals surface area contributed by atoms with E-state index in [4.69, 9.17) is 6.42 Å². The Balaban J connectivity index is 1.58. The summed E-state index contributed by atoms with van der Waals surface area (Å²) in [6.45, 7) is 0.515. The predicted molar refractivity (Wildman–Crippen MR) is 143 cm³/mol. The number of pyridine rings is 2. The summed E-state index contributed by atoms with van der Waals surface area (Å²) < 4.78 is 17.1. The first-order chi connectivity index (χ1) is 18.0. The summed E-state index contributed by atoms with van der Waals surface area (Å²) in [5, 5.41) is 0.830. The Labute approximate surface area is 213 Å². The third-order valence-electron chi connectivity index (χ3n) is 6.69. The van der Waals surface area contributed by atoms with Crippen LogP contribution >= 0.6 is 0 Å². The molecule has 1 amide bonds. The SMILES string of the molecule is C#Cc1nc2cnc3ccc(-c4cccnc4N(C)C)cc3c2n1-c1ccc(N2CCCC2=O)c(F)c1. The molecule has 0 bridgehead atoms. The van der Waals surface area contributed by atoms with E-state index in [2.05, 4.69) is 20.9 Å². The number of hydrogen-bond acceptors (Lipinski definition) is 5. The second kappa shape index (κ2) is 8.71. The summed E-state index contributed by atoms with van der Waals surface area (Å²) in [5.41, 5.74) is 4.84. The Morgan fingerprint density at radius 1 is 1.08 bits per heavy atom. The molecule has 0 atom stereocenters. The lowest BCUT2D eigenvalue weighted by Gasteiger charge is -2.18. The zero-order chi connectivity index (χ0) is 25.7. The smallest absolute Gasteiger partial charge is 0.227 e. The van der Waals surface area contributed by atoms with Crippen LogP contribution in [0.2, 0.25) is 0 Å². The van der Waals surface area contributed by atoms with Gasteiger partial charge in [0, 0.05) is 50.3 Å². The van der Waals surface area contributed by atoms with Crippen molar-refractivity contribution in [1.29, 1.82) is 0 Å². The van der Waals surface area contributed by atoms with Gasteiger partial charge in [-0.1, -0.05) is 6.07 Å². The maximum absolute atomic E-state index is 15.3. The normalized spacial score (nSPS) is 13.5. The first-order valence-corrected chi connectivity index (χ1v) is 12.0. The highest BCUT2D eigenvalue weighted by Gasteiger charge is 2.25. The van der Waals surface area contributed by atoms with E-state index >= 15 is 4.39 Å². The van der Waals surface area contributed by atoms with Crippen LogP contribution in [0.5, 0.6) is 0 Å². The van der Waals surface area contributed by atoms with Gasteiger partial charge in [-0.25, -0.2) is 14.4 Å². The largest absolute Gasteiger partial charge is 0.362 e. The lowest BCUT2D eigenvalue weighted by molar-refractivity contribution is -0.117. The van der Waals surface area contributed by atoms with Gasteiger partial charge in [-0.05, 0) is 54.3 Å². The number of terminal acetylenes is 1. The van der Waals surface area contributed by atoms with Crippen LogP contribution in [0.4, 0.5) is 15.9 Å². The molecule has 0 unspecified atom stereocenters. The van der Waals surface area contributed by atoms with Gasteiger partial charge >= 0.3 is 0 Å². The first kappa shape index (κ1) is 22.7. The van der Waals surface area contributed by atoms with Gasteiger partial charge in [0.25, 0.3) is 0 Å². The number of carbonyl (C=O) groups is 1. The fraction of sp³-hybridized carbons (Fsp3) is 0.172. The highest BCUT2D eigenvalue weighted by atomic mass is 19.1. The maximum Gasteiger partial charge on any atom is 0.227 e. The molecule has 0 spiro atoms. The molecule has 182 valence electrons. The lowest BCUT2D eigenvalue weighted by Crippen LogP contribution is -2.24. The summed E-state index contributed by atoms with van der Waals surface area (Å²) in [6.07, 6.45) is 10.4. The van der Waals surface area contributed by atoms with Gasteiger partial charge < -0.3 is 9.80 Å². The zero-order valence-corrected chi connectivity index (χ0v) is 20.4. The number of fused-ring (bicyclic) bond motifs is 3. The quantitative estimate of drug-likeness (QED) is 0.334. The number of benzene rings is 2. The molecule has 1 aliphatic heterocycles. The number of halogens is 1. The molecule has 3 aromatic heterocycles. The molecule has 2 aromatic carbocycles. The summed E-state index contributed by atoms with van der Waals surface area (Å²) in [6, 6.07) is 14.7. The maximum atomic E-state index is 15.3. The standard InChI is InChI=1S/C29H23FN6O/c1-4-26-33-24-17-32-23-11-9-18(20-7-5-13-31-29(20)34(2)3)15-21(23)28(24)36(26)19-10-12-25(22(30)16-19)35-14-6-8-27(35)37/h1,5,7,9-13,15-17H,6,8,14H2,2-3H3. The summed E-state index contributed by atoms with van der Waals surface area (Å²) >= 11 is 0. The number of imidazole rings is 1. The Bertz CT molecular complexity index is 1750. The highest BCUT2D eigenvalue weighted by Crippen LogP contribution is 2.35. The van der Waals surface area contributed by atoms with E-state index in [9.17, 15) is 4.79 Å². The minimum absolute atomic E-state index is 0.0684. The number of nitrogens with zero attached hydrogens (tertiary/aromatic N) is 6. The van der Waals surface area contributed by atoms with Gasteiger partial charge in [-0.15, -0.1) is 6.42 Å². The Kier molecular flexibility index (Phi) is 5.34. The van der Waals surface area contributed by atoms with E-state index in [1.807, 2.05) is 49.3 Å². The van der Waals surface area contributed by atoms with Crippen molar-refractivity contribution >= 4 is 39.3 Å². The van der Waals surface area contributed by atoms with Crippen LogP contribution in [-0.2, 0) is 4.79 Å². The topological polar surface area (TPSA) is 67.2 Å². The van der Waals surface area contributed by atoms with Gasteiger partial charge in [0.1, 0.15) is 17.2 Å². The van der Waals surface area contributed by atoms with E-state index < -0.39 is 5.82 Å². The van der Waals surface area contributed by atoms with Crippen LogP contribution in [0, 0.1) is 18.2 Å². The van der Waals surface area contributed by atoms with Crippen LogP contribution in [0.15, 0.2) is 60.9 Å². The zero-order valence-electron chi connectivity index (χ0n) is 20.4. The molecule has 1 fully saturated rings. The summed E-state index contributed by atoms with van der Waals surface area (Å²) in [7, 11) is 3.91. The van der Waals surface area contributed by atoms with Crippen LogP contribution in [-0.4, -0.2) is 46.1 Å². The Morgan fingerprint density at radius 3 is 2.68 bits per heavy atom. The molecule has 8 heteroatoms. The second-order valence-electron chi connectivity index (χ2n) is 9.19. The van der Waals surface area contributed by atoms with Crippen molar-refractivity contribution in [2.45, 2.75) is 12.8 Å². The molecular formula is C29H23FN6O. The van der Waals surface area contributed by atoms with Crippen LogP contribution in [0.3, 0.4) is 0 Å². The van der Waals surface area contributed by atoms with Crippen molar-refractivity contribution in [3.05, 3.63) is 72.6 Å². The van der Waals surface area contributed by atoms with Crippen LogP contribution < -0.4 is 9.80 Å². The van der Waals surface area contributed by atoms with Gasteiger partial charge in [-0.3, -0.25) is 14.3 Å². The molecule has 1 saturated heterocycles. The molecule has 5 aromatic rings. The van der Waals surface area contributed by atoms with Crippen LogP contribution in [0.25, 0.3) is 38.8 Å².